The van der Waals surface area contributed by atoms with Gasteiger partial charge in [0.05, 0.1) is 0 Å². The lowest BCUT2D eigenvalue weighted by Gasteiger charge is -2.21. The molecule has 1 nitrogen and oxygen atoms in total. The van der Waals surface area contributed by atoms with Crippen molar-refractivity contribution < 1.29 is 0 Å². The SMILES string of the molecule is Cc1ccccc1N(C)CCCCCCl. The van der Waals surface area contributed by atoms with Crippen LogP contribution in [0.2, 0.25) is 0 Å². The van der Waals surface area contributed by atoms with Crippen molar-refractivity contribution in [3.63, 3.8) is 0 Å². The zero-order valence-electron chi connectivity index (χ0n) is 9.67. The van der Waals surface area contributed by atoms with Gasteiger partial charge in [0.2, 0.25) is 0 Å². The molecule has 2 heteroatoms. The second-order valence-electron chi connectivity index (χ2n) is 3.96. The minimum absolute atomic E-state index is 0.786. The largest absolute Gasteiger partial charge is 0.374 e. The van der Waals surface area contributed by atoms with Crippen molar-refractivity contribution in [2.45, 2.75) is 26.2 Å². The molecule has 0 N–H and O–H groups in total. The Morgan fingerprint density at radius 3 is 2.53 bits per heavy atom. The Bertz CT molecular complexity index is 286. The molecular formula is C13H20ClN. The van der Waals surface area contributed by atoms with Crippen LogP contribution >= 0.6 is 11.6 Å². The molecule has 84 valence electrons. The van der Waals surface area contributed by atoms with Gasteiger partial charge in [-0.25, -0.2) is 0 Å². The van der Waals surface area contributed by atoms with Gasteiger partial charge in [-0.1, -0.05) is 24.6 Å². The van der Waals surface area contributed by atoms with Crippen molar-refractivity contribution in [3.8, 4) is 0 Å². The average molecular weight is 226 g/mol. The molecule has 0 atom stereocenters. The molecule has 1 rings (SSSR count). The summed E-state index contributed by atoms with van der Waals surface area (Å²) in [7, 11) is 2.16. The van der Waals surface area contributed by atoms with E-state index in [0.29, 0.717) is 0 Å². The van der Waals surface area contributed by atoms with E-state index < -0.39 is 0 Å². The Balaban J connectivity index is 2.40. The summed E-state index contributed by atoms with van der Waals surface area (Å²) in [6.07, 6.45) is 3.57. The number of nitrogens with zero attached hydrogens (tertiary/aromatic N) is 1. The highest BCUT2D eigenvalue weighted by molar-refractivity contribution is 6.17. The summed E-state index contributed by atoms with van der Waals surface area (Å²) in [6.45, 7) is 3.27. The summed E-state index contributed by atoms with van der Waals surface area (Å²) in [5, 5.41) is 0. The molecule has 0 aromatic heterocycles. The zero-order valence-corrected chi connectivity index (χ0v) is 10.4. The number of unbranched alkanes of at least 4 members (excludes halogenated alkanes) is 2. The number of alkyl halides is 1. The van der Waals surface area contributed by atoms with Gasteiger partial charge < -0.3 is 4.90 Å². The molecule has 0 saturated heterocycles. The molecule has 1 aromatic carbocycles. The van der Waals surface area contributed by atoms with Gasteiger partial charge in [-0.2, -0.15) is 0 Å². The molecule has 0 fully saturated rings. The van der Waals surface area contributed by atoms with Crippen LogP contribution in [0.1, 0.15) is 24.8 Å². The summed E-state index contributed by atoms with van der Waals surface area (Å²) in [6, 6.07) is 8.51. The predicted molar refractivity (Wildman–Crippen MR) is 69.0 cm³/mol. The van der Waals surface area contributed by atoms with Crippen LogP contribution in [0.5, 0.6) is 0 Å². The third kappa shape index (κ3) is 4.13. The van der Waals surface area contributed by atoms with Gasteiger partial charge in [0.15, 0.2) is 0 Å². The molecule has 0 spiro atoms. The summed E-state index contributed by atoms with van der Waals surface area (Å²) < 4.78 is 0. The lowest BCUT2D eigenvalue weighted by molar-refractivity contribution is 0.707. The van der Waals surface area contributed by atoms with Crippen molar-refractivity contribution in [2.24, 2.45) is 0 Å². The maximum absolute atomic E-state index is 5.65. The standard InChI is InChI=1S/C13H20ClN/c1-12-8-4-5-9-13(12)15(2)11-7-3-6-10-14/h4-5,8-9H,3,6-7,10-11H2,1-2H3. The zero-order chi connectivity index (χ0) is 11.1. The second-order valence-corrected chi connectivity index (χ2v) is 4.34. The van der Waals surface area contributed by atoms with E-state index in [-0.39, 0.29) is 0 Å². The first-order chi connectivity index (χ1) is 7.25. The predicted octanol–water partition coefficient (Wildman–Crippen LogP) is 3.84. The van der Waals surface area contributed by atoms with Gasteiger partial charge in [-0.3, -0.25) is 0 Å². The van der Waals surface area contributed by atoms with Crippen LogP contribution < -0.4 is 4.90 Å². The fourth-order valence-corrected chi connectivity index (χ4v) is 1.92. The highest BCUT2D eigenvalue weighted by Crippen LogP contribution is 2.18. The number of hydrogen-bond donors (Lipinski definition) is 0. The number of halogens is 1. The van der Waals surface area contributed by atoms with Crippen LogP contribution in [0.25, 0.3) is 0 Å². The Labute approximate surface area is 98.0 Å². The smallest absolute Gasteiger partial charge is 0.0393 e. The number of hydrogen-bond acceptors (Lipinski definition) is 1. The average Bonchev–Trinajstić information content (AvgIpc) is 2.25. The van der Waals surface area contributed by atoms with Crippen LogP contribution in [0.15, 0.2) is 24.3 Å². The second kappa shape index (κ2) is 6.73. The Kier molecular flexibility index (Phi) is 5.56. The number of rotatable bonds is 6. The Morgan fingerprint density at radius 1 is 1.13 bits per heavy atom. The van der Waals surface area contributed by atoms with Gasteiger partial charge >= 0.3 is 0 Å². The van der Waals surface area contributed by atoms with Crippen LogP contribution in [0.4, 0.5) is 5.69 Å². The van der Waals surface area contributed by atoms with E-state index in [0.717, 1.165) is 18.8 Å². The van der Waals surface area contributed by atoms with Crippen molar-refractivity contribution >= 4 is 17.3 Å². The van der Waals surface area contributed by atoms with E-state index in [2.05, 4.69) is 43.1 Å². The Morgan fingerprint density at radius 2 is 1.87 bits per heavy atom. The highest BCUT2D eigenvalue weighted by Gasteiger charge is 2.02. The minimum Gasteiger partial charge on any atom is -0.374 e. The van der Waals surface area contributed by atoms with Gasteiger partial charge in [0, 0.05) is 25.2 Å². The number of benzene rings is 1. The third-order valence-electron chi connectivity index (χ3n) is 2.65. The first kappa shape index (κ1) is 12.4. The quantitative estimate of drug-likeness (QED) is 0.525. The maximum atomic E-state index is 5.65. The van der Waals surface area contributed by atoms with E-state index in [4.69, 9.17) is 11.6 Å². The van der Waals surface area contributed by atoms with Crippen molar-refractivity contribution in [3.05, 3.63) is 29.8 Å². The van der Waals surface area contributed by atoms with Gasteiger partial charge in [-0.05, 0) is 31.4 Å². The van der Waals surface area contributed by atoms with E-state index in [1.807, 2.05) is 0 Å². The Hall–Kier alpha value is -0.690. The third-order valence-corrected chi connectivity index (χ3v) is 2.92. The number of anilines is 1. The molecule has 0 radical (unpaired) electrons. The monoisotopic (exact) mass is 225 g/mol. The van der Waals surface area contributed by atoms with E-state index in [1.165, 1.54) is 24.1 Å². The normalized spacial score (nSPS) is 10.3. The summed E-state index contributed by atoms with van der Waals surface area (Å²) in [5.41, 5.74) is 2.68. The molecule has 15 heavy (non-hydrogen) atoms. The summed E-state index contributed by atoms with van der Waals surface area (Å²) >= 11 is 5.65. The maximum Gasteiger partial charge on any atom is 0.0393 e. The van der Waals surface area contributed by atoms with E-state index in [9.17, 15) is 0 Å². The lowest BCUT2D eigenvalue weighted by Crippen LogP contribution is -2.19. The van der Waals surface area contributed by atoms with E-state index in [1.54, 1.807) is 0 Å². The fourth-order valence-electron chi connectivity index (χ4n) is 1.73. The minimum atomic E-state index is 0.786. The molecule has 0 aliphatic carbocycles. The van der Waals surface area contributed by atoms with Gasteiger partial charge in [-0.15, -0.1) is 11.6 Å². The summed E-state index contributed by atoms with van der Waals surface area (Å²) in [4.78, 5) is 2.32. The topological polar surface area (TPSA) is 3.24 Å². The van der Waals surface area contributed by atoms with Crippen molar-refractivity contribution in [1.82, 2.24) is 0 Å². The summed E-state index contributed by atoms with van der Waals surface area (Å²) in [5.74, 6) is 0.786. The van der Waals surface area contributed by atoms with Crippen LogP contribution in [-0.2, 0) is 0 Å². The molecule has 0 bridgehead atoms. The molecule has 0 saturated carbocycles. The van der Waals surface area contributed by atoms with Crippen LogP contribution in [0.3, 0.4) is 0 Å². The first-order valence-electron chi connectivity index (χ1n) is 5.58. The lowest BCUT2D eigenvalue weighted by atomic mass is 10.1. The molecule has 0 amide bonds. The number of aryl methyl sites for hydroxylation is 1. The number of para-hydroxylation sites is 1. The van der Waals surface area contributed by atoms with Crippen LogP contribution in [-0.4, -0.2) is 19.5 Å². The molecule has 0 heterocycles. The molecular weight excluding hydrogens is 206 g/mol. The molecule has 1 aromatic rings. The van der Waals surface area contributed by atoms with Crippen molar-refractivity contribution in [1.29, 1.82) is 0 Å². The fraction of sp³-hybridized carbons (Fsp3) is 0.538. The molecule has 0 aliphatic heterocycles. The van der Waals surface area contributed by atoms with Crippen molar-refractivity contribution in [2.75, 3.05) is 24.4 Å². The van der Waals surface area contributed by atoms with Gasteiger partial charge in [0.25, 0.3) is 0 Å². The molecule has 0 aliphatic rings. The first-order valence-corrected chi connectivity index (χ1v) is 6.12. The van der Waals surface area contributed by atoms with E-state index >= 15 is 0 Å². The molecule has 0 unspecified atom stereocenters. The highest BCUT2D eigenvalue weighted by atomic mass is 35.5. The van der Waals surface area contributed by atoms with Gasteiger partial charge in [0.1, 0.15) is 0 Å². The van der Waals surface area contributed by atoms with Crippen LogP contribution in [0, 0.1) is 6.92 Å².